The molecule has 0 heterocycles. The summed E-state index contributed by atoms with van der Waals surface area (Å²) in [5, 5.41) is 3.38. The lowest BCUT2D eigenvalue weighted by Gasteiger charge is -2.32. The maximum atomic E-state index is 13.6. The second-order valence-electron chi connectivity index (χ2n) is 5.49. The van der Waals surface area contributed by atoms with Gasteiger partial charge in [-0.2, -0.15) is 0 Å². The molecule has 2 atom stereocenters. The molecular weight excluding hydrogens is 301 g/mol. The average molecular weight is 322 g/mol. The van der Waals surface area contributed by atoms with E-state index in [1.165, 1.54) is 24.3 Å². The molecule has 0 fully saturated rings. The van der Waals surface area contributed by atoms with E-state index in [4.69, 9.17) is 4.74 Å². The predicted octanol–water partition coefficient (Wildman–Crippen LogP) is 4.44. The monoisotopic (exact) mass is 321 g/mol. The van der Waals surface area contributed by atoms with E-state index in [1.54, 1.807) is 0 Å². The van der Waals surface area contributed by atoms with Crippen molar-refractivity contribution < 1.29 is 9.13 Å². The van der Waals surface area contributed by atoms with E-state index in [1.807, 2.05) is 19.2 Å². The van der Waals surface area contributed by atoms with Crippen molar-refractivity contribution in [3.05, 3.63) is 65.0 Å². The fourth-order valence-electron chi connectivity index (χ4n) is 3.33. The highest BCUT2D eigenvalue weighted by Crippen LogP contribution is 2.41. The smallest absolute Gasteiger partial charge is 0.165 e. The van der Waals surface area contributed by atoms with Crippen LogP contribution in [0.3, 0.4) is 0 Å². The summed E-state index contributed by atoms with van der Waals surface area (Å²) in [6.07, 6.45) is 2.13. The van der Waals surface area contributed by atoms with Crippen LogP contribution in [0.15, 0.2) is 42.5 Å². The van der Waals surface area contributed by atoms with Crippen molar-refractivity contribution in [3.8, 4) is 5.75 Å². The third-order valence-electron chi connectivity index (χ3n) is 4.42. The molecule has 1 aliphatic carbocycles. The lowest BCUT2D eigenvalue weighted by molar-refractivity contribution is 0.385. The first-order chi connectivity index (χ1) is 10.2. The zero-order valence-corrected chi connectivity index (χ0v) is 13.6. The summed E-state index contributed by atoms with van der Waals surface area (Å²) < 4.78 is 18.7. The molecule has 0 bridgehead atoms. The van der Waals surface area contributed by atoms with Gasteiger partial charge in [-0.25, -0.2) is 4.39 Å². The normalized spacial score (nSPS) is 20.0. The largest absolute Gasteiger partial charge is 0.494 e. The standard InChI is InChI=1S/C18H20FNO.ClH/c1-20-17-10-8-13(14-5-3-4-6-15(14)17)12-7-9-16(19)18(11-12)21-2;/h3-7,9,11,13,17,20H,8,10H2,1-2H3;1H/t13-,17-;/m0./s1. The first-order valence-corrected chi connectivity index (χ1v) is 7.34. The highest BCUT2D eigenvalue weighted by molar-refractivity contribution is 5.85. The number of benzene rings is 2. The molecular formula is C18H21ClFNO. The molecule has 3 rings (SSSR count). The topological polar surface area (TPSA) is 21.3 Å². The molecule has 1 N–H and O–H groups in total. The Hall–Kier alpha value is -1.58. The lowest BCUT2D eigenvalue weighted by atomic mass is 9.77. The van der Waals surface area contributed by atoms with Gasteiger partial charge in [0.15, 0.2) is 11.6 Å². The third-order valence-corrected chi connectivity index (χ3v) is 4.42. The molecule has 2 aromatic carbocycles. The van der Waals surface area contributed by atoms with Crippen LogP contribution >= 0.6 is 12.4 Å². The number of hydrogen-bond donors (Lipinski definition) is 1. The van der Waals surface area contributed by atoms with Crippen LogP contribution in [-0.4, -0.2) is 14.2 Å². The van der Waals surface area contributed by atoms with Crippen molar-refractivity contribution in [1.29, 1.82) is 0 Å². The quantitative estimate of drug-likeness (QED) is 0.902. The number of hydrogen-bond acceptors (Lipinski definition) is 2. The van der Waals surface area contributed by atoms with Gasteiger partial charge in [0.2, 0.25) is 0 Å². The van der Waals surface area contributed by atoms with Gasteiger partial charge in [0.05, 0.1) is 7.11 Å². The number of ether oxygens (including phenoxy) is 1. The Bertz CT molecular complexity index is 647. The summed E-state index contributed by atoms with van der Waals surface area (Å²) in [4.78, 5) is 0. The Labute approximate surface area is 137 Å². The first-order valence-electron chi connectivity index (χ1n) is 7.34. The molecule has 4 heteroatoms. The maximum Gasteiger partial charge on any atom is 0.165 e. The maximum absolute atomic E-state index is 13.6. The van der Waals surface area contributed by atoms with Gasteiger partial charge < -0.3 is 10.1 Å². The molecule has 1 aliphatic rings. The first kappa shape index (κ1) is 16.8. The minimum Gasteiger partial charge on any atom is -0.494 e. The molecule has 118 valence electrons. The minimum absolute atomic E-state index is 0. The second-order valence-corrected chi connectivity index (χ2v) is 5.49. The molecule has 22 heavy (non-hydrogen) atoms. The van der Waals surface area contributed by atoms with Crippen molar-refractivity contribution in [1.82, 2.24) is 5.32 Å². The van der Waals surface area contributed by atoms with Crippen molar-refractivity contribution in [3.63, 3.8) is 0 Å². The highest BCUT2D eigenvalue weighted by Gasteiger charge is 2.27. The zero-order valence-electron chi connectivity index (χ0n) is 12.8. The van der Waals surface area contributed by atoms with Gasteiger partial charge in [0, 0.05) is 12.0 Å². The zero-order chi connectivity index (χ0) is 14.8. The van der Waals surface area contributed by atoms with E-state index in [-0.39, 0.29) is 18.2 Å². The van der Waals surface area contributed by atoms with Gasteiger partial charge in [-0.05, 0) is 48.7 Å². The fraction of sp³-hybridized carbons (Fsp3) is 0.333. The second kappa shape index (κ2) is 7.12. The third kappa shape index (κ3) is 2.96. The van der Waals surface area contributed by atoms with Crippen LogP contribution in [0.2, 0.25) is 0 Å². The van der Waals surface area contributed by atoms with Crippen LogP contribution in [0, 0.1) is 5.82 Å². The number of halogens is 2. The SMILES string of the molecule is CN[C@H]1CC[C@@H](c2ccc(F)c(OC)c2)c2ccccc21.Cl. The minimum atomic E-state index is -0.307. The van der Waals surface area contributed by atoms with E-state index in [9.17, 15) is 4.39 Å². The van der Waals surface area contributed by atoms with Gasteiger partial charge in [0.1, 0.15) is 0 Å². The van der Waals surface area contributed by atoms with Gasteiger partial charge in [-0.3, -0.25) is 0 Å². The fourth-order valence-corrected chi connectivity index (χ4v) is 3.33. The Morgan fingerprint density at radius 2 is 1.82 bits per heavy atom. The lowest BCUT2D eigenvalue weighted by Crippen LogP contribution is -2.24. The molecule has 0 radical (unpaired) electrons. The molecule has 0 saturated heterocycles. The molecule has 0 amide bonds. The highest BCUT2D eigenvalue weighted by atomic mass is 35.5. The summed E-state index contributed by atoms with van der Waals surface area (Å²) in [5.74, 6) is 0.319. The van der Waals surface area contributed by atoms with Crippen LogP contribution in [0.25, 0.3) is 0 Å². The van der Waals surface area contributed by atoms with Crippen molar-refractivity contribution in [2.45, 2.75) is 24.8 Å². The number of rotatable bonds is 3. The van der Waals surface area contributed by atoms with Gasteiger partial charge in [-0.15, -0.1) is 12.4 Å². The Morgan fingerprint density at radius 1 is 1.09 bits per heavy atom. The number of nitrogens with one attached hydrogen (secondary N) is 1. The summed E-state index contributed by atoms with van der Waals surface area (Å²) in [5.41, 5.74) is 3.80. The molecule has 0 saturated carbocycles. The van der Waals surface area contributed by atoms with Crippen LogP contribution < -0.4 is 10.1 Å². The van der Waals surface area contributed by atoms with E-state index in [2.05, 4.69) is 29.6 Å². The molecule has 2 nitrogen and oxygen atoms in total. The van der Waals surface area contributed by atoms with E-state index < -0.39 is 0 Å². The van der Waals surface area contributed by atoms with Gasteiger partial charge in [-0.1, -0.05) is 30.3 Å². The van der Waals surface area contributed by atoms with Crippen molar-refractivity contribution in [2.75, 3.05) is 14.2 Å². The van der Waals surface area contributed by atoms with Crippen LogP contribution in [0.5, 0.6) is 5.75 Å². The molecule has 2 aromatic rings. The van der Waals surface area contributed by atoms with Crippen LogP contribution in [0.1, 0.15) is 41.5 Å². The van der Waals surface area contributed by atoms with Crippen LogP contribution in [0.4, 0.5) is 4.39 Å². The Kier molecular flexibility index (Phi) is 5.43. The molecule has 0 aromatic heterocycles. The summed E-state index contributed by atoms with van der Waals surface area (Å²) in [6, 6.07) is 14.1. The number of fused-ring (bicyclic) bond motifs is 1. The Morgan fingerprint density at radius 3 is 2.50 bits per heavy atom. The van der Waals surface area contributed by atoms with E-state index >= 15 is 0 Å². The van der Waals surface area contributed by atoms with Crippen molar-refractivity contribution in [2.24, 2.45) is 0 Å². The summed E-state index contributed by atoms with van der Waals surface area (Å²) >= 11 is 0. The molecule has 0 spiro atoms. The molecule has 0 aliphatic heterocycles. The Balaban J connectivity index is 0.00000176. The average Bonchev–Trinajstić information content (AvgIpc) is 2.54. The summed E-state index contributed by atoms with van der Waals surface area (Å²) in [6.45, 7) is 0. The predicted molar refractivity (Wildman–Crippen MR) is 89.5 cm³/mol. The van der Waals surface area contributed by atoms with Gasteiger partial charge >= 0.3 is 0 Å². The summed E-state index contributed by atoms with van der Waals surface area (Å²) in [7, 11) is 3.51. The van der Waals surface area contributed by atoms with Crippen molar-refractivity contribution >= 4 is 12.4 Å². The van der Waals surface area contributed by atoms with E-state index in [0.717, 1.165) is 18.4 Å². The molecule has 0 unspecified atom stereocenters. The van der Waals surface area contributed by atoms with E-state index in [0.29, 0.717) is 17.7 Å². The van der Waals surface area contributed by atoms with Gasteiger partial charge in [0.25, 0.3) is 0 Å². The number of methoxy groups -OCH3 is 1. The van der Waals surface area contributed by atoms with Crippen LogP contribution in [-0.2, 0) is 0 Å².